The lowest BCUT2D eigenvalue weighted by Crippen LogP contribution is -2.21. The monoisotopic (exact) mass is 261 g/mol. The van der Waals surface area contributed by atoms with E-state index in [1.165, 1.54) is 5.69 Å². The standard InChI is InChI=1S/C14H23N5/c1-5-11(2)19-7-6-12(17-19)8-13(15-3)14-9-16-10-18(14)4/h6-7,9-11,13,15H,5,8H2,1-4H3. The Morgan fingerprint density at radius 1 is 1.42 bits per heavy atom. The van der Waals surface area contributed by atoms with Crippen LogP contribution in [0, 0.1) is 0 Å². The summed E-state index contributed by atoms with van der Waals surface area (Å²) in [6.45, 7) is 4.37. The average molecular weight is 261 g/mol. The molecule has 2 aromatic heterocycles. The molecule has 2 unspecified atom stereocenters. The molecule has 1 N–H and O–H groups in total. The fraction of sp³-hybridized carbons (Fsp3) is 0.571. The minimum absolute atomic E-state index is 0.243. The Morgan fingerprint density at radius 3 is 2.79 bits per heavy atom. The molecule has 0 spiro atoms. The second-order valence-corrected chi connectivity index (χ2v) is 5.02. The zero-order valence-electron chi connectivity index (χ0n) is 12.2. The van der Waals surface area contributed by atoms with Crippen LogP contribution in [0.3, 0.4) is 0 Å². The van der Waals surface area contributed by atoms with Gasteiger partial charge in [0, 0.05) is 31.9 Å². The van der Waals surface area contributed by atoms with Crippen LogP contribution in [0.25, 0.3) is 0 Å². The first-order chi connectivity index (χ1) is 9.15. The van der Waals surface area contributed by atoms with Crippen molar-refractivity contribution in [3.8, 4) is 0 Å². The summed E-state index contributed by atoms with van der Waals surface area (Å²) in [5.41, 5.74) is 2.29. The molecule has 2 heterocycles. The molecule has 0 saturated heterocycles. The number of aromatic nitrogens is 4. The molecule has 5 nitrogen and oxygen atoms in total. The SMILES string of the molecule is CCC(C)n1ccc(CC(NC)c2cncn2C)n1. The molecule has 2 rings (SSSR count). The van der Waals surface area contributed by atoms with Gasteiger partial charge < -0.3 is 9.88 Å². The first-order valence-corrected chi connectivity index (χ1v) is 6.83. The largest absolute Gasteiger partial charge is 0.336 e. The van der Waals surface area contributed by atoms with E-state index in [0.717, 1.165) is 18.5 Å². The molecule has 0 saturated carbocycles. The lowest BCUT2D eigenvalue weighted by molar-refractivity contribution is 0.467. The first-order valence-electron chi connectivity index (χ1n) is 6.83. The van der Waals surface area contributed by atoms with Crippen LogP contribution in [0.2, 0.25) is 0 Å². The van der Waals surface area contributed by atoms with E-state index in [0.29, 0.717) is 6.04 Å². The van der Waals surface area contributed by atoms with Gasteiger partial charge in [-0.1, -0.05) is 6.92 Å². The quantitative estimate of drug-likeness (QED) is 0.866. The van der Waals surface area contributed by atoms with Crippen molar-refractivity contribution in [3.63, 3.8) is 0 Å². The Labute approximate surface area is 114 Å². The number of imidazole rings is 1. The zero-order chi connectivity index (χ0) is 13.8. The molecule has 0 aliphatic carbocycles. The van der Waals surface area contributed by atoms with Crippen LogP contribution in [0.4, 0.5) is 0 Å². The third-order valence-electron chi connectivity index (χ3n) is 3.68. The van der Waals surface area contributed by atoms with Gasteiger partial charge >= 0.3 is 0 Å². The van der Waals surface area contributed by atoms with Gasteiger partial charge in [0.1, 0.15) is 0 Å². The van der Waals surface area contributed by atoms with Crippen LogP contribution in [-0.2, 0) is 13.5 Å². The van der Waals surface area contributed by atoms with Gasteiger partial charge in [0.05, 0.1) is 23.8 Å². The van der Waals surface area contributed by atoms with Crippen molar-refractivity contribution in [2.45, 2.75) is 38.8 Å². The Morgan fingerprint density at radius 2 is 2.21 bits per heavy atom. The van der Waals surface area contributed by atoms with Gasteiger partial charge in [0.15, 0.2) is 0 Å². The fourth-order valence-corrected chi connectivity index (χ4v) is 2.19. The molecule has 0 aromatic carbocycles. The van der Waals surface area contributed by atoms with Gasteiger partial charge in [-0.2, -0.15) is 5.10 Å². The summed E-state index contributed by atoms with van der Waals surface area (Å²) in [6, 6.07) is 2.80. The molecule has 0 radical (unpaired) electrons. The van der Waals surface area contributed by atoms with Crippen molar-refractivity contribution < 1.29 is 0 Å². The lowest BCUT2D eigenvalue weighted by Gasteiger charge is -2.15. The summed E-state index contributed by atoms with van der Waals surface area (Å²) in [5.74, 6) is 0. The smallest absolute Gasteiger partial charge is 0.0946 e. The van der Waals surface area contributed by atoms with Crippen LogP contribution >= 0.6 is 0 Å². The zero-order valence-corrected chi connectivity index (χ0v) is 12.2. The predicted octanol–water partition coefficient (Wildman–Crippen LogP) is 2.09. The van der Waals surface area contributed by atoms with Crippen molar-refractivity contribution in [1.29, 1.82) is 0 Å². The molecule has 0 aliphatic rings. The van der Waals surface area contributed by atoms with E-state index in [2.05, 4.69) is 41.5 Å². The summed E-state index contributed by atoms with van der Waals surface area (Å²) in [4.78, 5) is 4.18. The highest BCUT2D eigenvalue weighted by molar-refractivity contribution is 5.11. The number of hydrogen-bond donors (Lipinski definition) is 1. The molecule has 5 heteroatoms. The fourth-order valence-electron chi connectivity index (χ4n) is 2.19. The summed E-state index contributed by atoms with van der Waals surface area (Å²) in [5, 5.41) is 7.99. The van der Waals surface area contributed by atoms with Crippen molar-refractivity contribution in [1.82, 2.24) is 24.6 Å². The van der Waals surface area contributed by atoms with E-state index < -0.39 is 0 Å². The molecular weight excluding hydrogens is 238 g/mol. The molecule has 19 heavy (non-hydrogen) atoms. The molecule has 0 fully saturated rings. The van der Waals surface area contributed by atoms with Crippen molar-refractivity contribution in [3.05, 3.63) is 36.2 Å². The Kier molecular flexibility index (Phi) is 4.37. The maximum atomic E-state index is 4.66. The summed E-state index contributed by atoms with van der Waals surface area (Å²) in [7, 11) is 3.99. The minimum Gasteiger partial charge on any atom is -0.336 e. The second-order valence-electron chi connectivity index (χ2n) is 5.02. The molecule has 0 amide bonds. The third kappa shape index (κ3) is 3.04. The van der Waals surface area contributed by atoms with Gasteiger partial charge in [-0.15, -0.1) is 0 Å². The normalized spacial score (nSPS) is 14.5. The Hall–Kier alpha value is -1.62. The molecule has 0 aliphatic heterocycles. The highest BCUT2D eigenvalue weighted by Crippen LogP contribution is 2.17. The van der Waals surface area contributed by atoms with Gasteiger partial charge in [-0.3, -0.25) is 4.68 Å². The van der Waals surface area contributed by atoms with E-state index in [1.54, 1.807) is 0 Å². The second kappa shape index (κ2) is 6.02. The van der Waals surface area contributed by atoms with Crippen LogP contribution in [0.5, 0.6) is 0 Å². The Bertz CT molecular complexity index is 513. The highest BCUT2D eigenvalue weighted by atomic mass is 15.3. The van der Waals surface area contributed by atoms with E-state index >= 15 is 0 Å². The van der Waals surface area contributed by atoms with Gasteiger partial charge in [0.25, 0.3) is 0 Å². The maximum Gasteiger partial charge on any atom is 0.0946 e. The predicted molar refractivity (Wildman–Crippen MR) is 75.9 cm³/mol. The van der Waals surface area contributed by atoms with Crippen molar-refractivity contribution in [2.24, 2.45) is 7.05 Å². The van der Waals surface area contributed by atoms with E-state index in [-0.39, 0.29) is 6.04 Å². The number of likely N-dealkylation sites (N-methyl/N-ethyl adjacent to an activating group) is 1. The van der Waals surface area contributed by atoms with Crippen LogP contribution in [0.15, 0.2) is 24.8 Å². The average Bonchev–Trinajstić information content (AvgIpc) is 3.04. The van der Waals surface area contributed by atoms with Crippen LogP contribution in [0.1, 0.15) is 43.7 Å². The summed E-state index contributed by atoms with van der Waals surface area (Å²) < 4.78 is 4.10. The van der Waals surface area contributed by atoms with Crippen molar-refractivity contribution >= 4 is 0 Å². The molecular formula is C14H23N5. The van der Waals surface area contributed by atoms with E-state index in [4.69, 9.17) is 0 Å². The first kappa shape index (κ1) is 13.8. The van der Waals surface area contributed by atoms with Gasteiger partial charge in [-0.05, 0) is 26.5 Å². The molecule has 2 atom stereocenters. The van der Waals surface area contributed by atoms with E-state index in [1.807, 2.05) is 35.9 Å². The maximum absolute atomic E-state index is 4.66. The van der Waals surface area contributed by atoms with Crippen LogP contribution < -0.4 is 5.32 Å². The summed E-state index contributed by atoms with van der Waals surface area (Å²) in [6.07, 6.45) is 7.78. The van der Waals surface area contributed by atoms with E-state index in [9.17, 15) is 0 Å². The third-order valence-corrected chi connectivity index (χ3v) is 3.68. The highest BCUT2D eigenvalue weighted by Gasteiger charge is 2.15. The van der Waals surface area contributed by atoms with Gasteiger partial charge in [-0.25, -0.2) is 4.98 Å². The molecule has 0 bridgehead atoms. The lowest BCUT2D eigenvalue weighted by atomic mass is 10.1. The van der Waals surface area contributed by atoms with Crippen LogP contribution in [-0.4, -0.2) is 26.4 Å². The number of rotatable bonds is 6. The number of nitrogens with one attached hydrogen (secondary N) is 1. The topological polar surface area (TPSA) is 47.7 Å². The molecule has 2 aromatic rings. The minimum atomic E-state index is 0.243. The molecule has 104 valence electrons. The summed E-state index contributed by atoms with van der Waals surface area (Å²) >= 11 is 0. The van der Waals surface area contributed by atoms with Gasteiger partial charge in [0.2, 0.25) is 0 Å². The number of aryl methyl sites for hydroxylation is 1. The number of hydrogen-bond acceptors (Lipinski definition) is 3. The Balaban J connectivity index is 2.11. The number of nitrogens with zero attached hydrogens (tertiary/aromatic N) is 4. The van der Waals surface area contributed by atoms with Crippen molar-refractivity contribution in [2.75, 3.05) is 7.05 Å².